The standard InChI is InChI=1S/C17H17N3O5S/c1-26(24,25)19-9-3-5-12-10-14(7-8-16(12)19)18-17(21)13-4-2-6-15(11-13)20(22)23/h2,4,6-8,10-11H,3,5,9H2,1H3,(H,18,21). The zero-order chi connectivity index (χ0) is 18.9. The van der Waals surface area contributed by atoms with E-state index in [0.29, 0.717) is 30.8 Å². The molecule has 26 heavy (non-hydrogen) atoms. The average Bonchev–Trinajstić information content (AvgIpc) is 2.60. The van der Waals surface area contributed by atoms with Crippen molar-refractivity contribution in [2.24, 2.45) is 0 Å². The molecule has 0 saturated heterocycles. The Hall–Kier alpha value is -2.94. The van der Waals surface area contributed by atoms with Crippen LogP contribution in [0.25, 0.3) is 0 Å². The van der Waals surface area contributed by atoms with Crippen molar-refractivity contribution in [1.82, 2.24) is 0 Å². The summed E-state index contributed by atoms with van der Waals surface area (Å²) in [5.41, 5.74) is 1.97. The van der Waals surface area contributed by atoms with Crippen molar-refractivity contribution in [3.8, 4) is 0 Å². The van der Waals surface area contributed by atoms with Gasteiger partial charge in [-0.2, -0.15) is 0 Å². The summed E-state index contributed by atoms with van der Waals surface area (Å²) in [6, 6.07) is 10.5. The maximum Gasteiger partial charge on any atom is 0.270 e. The molecular formula is C17H17N3O5S. The molecule has 8 nitrogen and oxygen atoms in total. The number of carbonyl (C=O) groups is 1. The molecule has 0 fully saturated rings. The number of nitrogens with zero attached hydrogens (tertiary/aromatic N) is 2. The van der Waals surface area contributed by atoms with Gasteiger partial charge >= 0.3 is 0 Å². The van der Waals surface area contributed by atoms with Gasteiger partial charge in [-0.3, -0.25) is 19.2 Å². The van der Waals surface area contributed by atoms with Gasteiger partial charge in [0.15, 0.2) is 0 Å². The lowest BCUT2D eigenvalue weighted by Gasteiger charge is -2.29. The number of benzene rings is 2. The zero-order valence-corrected chi connectivity index (χ0v) is 14.8. The van der Waals surface area contributed by atoms with E-state index in [1.165, 1.54) is 34.8 Å². The van der Waals surface area contributed by atoms with Gasteiger partial charge in [-0.05, 0) is 42.7 Å². The summed E-state index contributed by atoms with van der Waals surface area (Å²) in [7, 11) is -3.35. The highest BCUT2D eigenvalue weighted by molar-refractivity contribution is 7.92. The number of nitrogens with one attached hydrogen (secondary N) is 1. The SMILES string of the molecule is CS(=O)(=O)N1CCCc2cc(NC(=O)c3cccc([N+](=O)[O-])c3)ccc21. The summed E-state index contributed by atoms with van der Waals surface area (Å²) < 4.78 is 25.1. The number of amides is 1. The van der Waals surface area contributed by atoms with Gasteiger partial charge in [-0.1, -0.05) is 6.07 Å². The van der Waals surface area contributed by atoms with Gasteiger partial charge in [0.25, 0.3) is 11.6 Å². The number of fused-ring (bicyclic) bond motifs is 1. The first-order chi connectivity index (χ1) is 12.3. The van der Waals surface area contributed by atoms with Crippen molar-refractivity contribution >= 4 is 33.0 Å². The first-order valence-corrected chi connectivity index (χ1v) is 9.77. The fourth-order valence-electron chi connectivity index (χ4n) is 2.95. The van der Waals surface area contributed by atoms with E-state index in [9.17, 15) is 23.3 Å². The van der Waals surface area contributed by atoms with Gasteiger partial charge in [0.05, 0.1) is 16.9 Å². The van der Waals surface area contributed by atoms with Gasteiger partial charge in [0, 0.05) is 29.9 Å². The third-order valence-corrected chi connectivity index (χ3v) is 5.31. The number of aryl methyl sites for hydroxylation is 1. The second-order valence-corrected chi connectivity index (χ2v) is 7.95. The van der Waals surface area contributed by atoms with Gasteiger partial charge in [0.2, 0.25) is 10.0 Å². The largest absolute Gasteiger partial charge is 0.322 e. The predicted molar refractivity (Wildman–Crippen MR) is 98.0 cm³/mol. The molecule has 0 aromatic heterocycles. The molecule has 9 heteroatoms. The number of anilines is 2. The molecule has 0 saturated carbocycles. The van der Waals surface area contributed by atoms with Crippen LogP contribution in [-0.2, 0) is 16.4 Å². The van der Waals surface area contributed by atoms with Crippen LogP contribution in [0, 0.1) is 10.1 Å². The van der Waals surface area contributed by atoms with Gasteiger partial charge < -0.3 is 5.32 Å². The minimum Gasteiger partial charge on any atom is -0.322 e. The van der Waals surface area contributed by atoms with Crippen molar-refractivity contribution in [1.29, 1.82) is 0 Å². The number of nitro groups is 1. The Morgan fingerprint density at radius 1 is 1.23 bits per heavy atom. The molecule has 0 aliphatic carbocycles. The molecule has 2 aromatic rings. The molecular weight excluding hydrogens is 358 g/mol. The summed E-state index contributed by atoms with van der Waals surface area (Å²) in [5.74, 6) is -0.468. The number of hydrogen-bond donors (Lipinski definition) is 1. The van der Waals surface area contributed by atoms with Crippen LogP contribution < -0.4 is 9.62 Å². The van der Waals surface area contributed by atoms with Crippen LogP contribution in [0.2, 0.25) is 0 Å². The number of nitro benzene ring substituents is 1. The van der Waals surface area contributed by atoms with Crippen LogP contribution in [0.4, 0.5) is 17.1 Å². The zero-order valence-electron chi connectivity index (χ0n) is 14.0. The average molecular weight is 375 g/mol. The molecule has 2 aromatic carbocycles. The van der Waals surface area contributed by atoms with E-state index in [1.54, 1.807) is 18.2 Å². The summed E-state index contributed by atoms with van der Waals surface area (Å²) >= 11 is 0. The highest BCUT2D eigenvalue weighted by atomic mass is 32.2. The van der Waals surface area contributed by atoms with E-state index < -0.39 is 20.9 Å². The highest BCUT2D eigenvalue weighted by Gasteiger charge is 2.24. The fraction of sp³-hybridized carbons (Fsp3) is 0.235. The third-order valence-electron chi connectivity index (χ3n) is 4.13. The number of sulfonamides is 1. The quantitative estimate of drug-likeness (QED) is 0.652. The minimum atomic E-state index is -3.35. The molecule has 1 heterocycles. The minimum absolute atomic E-state index is 0.160. The second kappa shape index (κ2) is 6.75. The summed E-state index contributed by atoms with van der Waals surface area (Å²) in [6.07, 6.45) is 2.57. The van der Waals surface area contributed by atoms with E-state index in [0.717, 1.165) is 5.56 Å². The predicted octanol–water partition coefficient (Wildman–Crippen LogP) is 2.56. The number of hydrogen-bond acceptors (Lipinski definition) is 5. The molecule has 0 atom stereocenters. The molecule has 0 unspecified atom stereocenters. The van der Waals surface area contributed by atoms with Crippen molar-refractivity contribution in [3.05, 3.63) is 63.7 Å². The first-order valence-electron chi connectivity index (χ1n) is 7.92. The summed E-state index contributed by atoms with van der Waals surface area (Å²) in [4.78, 5) is 22.6. The van der Waals surface area contributed by atoms with Gasteiger partial charge in [-0.25, -0.2) is 8.42 Å². The molecule has 3 rings (SSSR count). The molecule has 0 bridgehead atoms. The second-order valence-electron chi connectivity index (χ2n) is 6.04. The maximum absolute atomic E-state index is 12.3. The number of carbonyl (C=O) groups excluding carboxylic acids is 1. The van der Waals surface area contributed by atoms with Crippen molar-refractivity contribution in [2.45, 2.75) is 12.8 Å². The van der Waals surface area contributed by atoms with Gasteiger partial charge in [-0.15, -0.1) is 0 Å². The Balaban J connectivity index is 1.84. The Labute approximate surface area is 150 Å². The molecule has 1 N–H and O–H groups in total. The first kappa shape index (κ1) is 17.9. The molecule has 0 radical (unpaired) electrons. The normalized spacial score (nSPS) is 13.8. The molecule has 0 spiro atoms. The van der Waals surface area contributed by atoms with E-state index in [1.807, 2.05) is 0 Å². The van der Waals surface area contributed by atoms with Crippen LogP contribution in [0.15, 0.2) is 42.5 Å². The Kier molecular flexibility index (Phi) is 4.64. The van der Waals surface area contributed by atoms with Crippen LogP contribution in [0.5, 0.6) is 0 Å². The van der Waals surface area contributed by atoms with Gasteiger partial charge in [0.1, 0.15) is 0 Å². The summed E-state index contributed by atoms with van der Waals surface area (Å²) in [6.45, 7) is 0.436. The lowest BCUT2D eigenvalue weighted by molar-refractivity contribution is -0.384. The highest BCUT2D eigenvalue weighted by Crippen LogP contribution is 2.31. The Morgan fingerprint density at radius 3 is 2.69 bits per heavy atom. The molecule has 1 amide bonds. The smallest absolute Gasteiger partial charge is 0.270 e. The lowest BCUT2D eigenvalue weighted by Crippen LogP contribution is -2.34. The van der Waals surface area contributed by atoms with E-state index in [-0.39, 0.29) is 11.3 Å². The molecule has 136 valence electrons. The van der Waals surface area contributed by atoms with E-state index in [4.69, 9.17) is 0 Å². The Morgan fingerprint density at radius 2 is 2.00 bits per heavy atom. The van der Waals surface area contributed by atoms with E-state index in [2.05, 4.69) is 5.32 Å². The number of non-ortho nitro benzene ring substituents is 1. The van der Waals surface area contributed by atoms with Crippen LogP contribution in [-0.4, -0.2) is 32.0 Å². The van der Waals surface area contributed by atoms with Crippen LogP contribution in [0.1, 0.15) is 22.3 Å². The van der Waals surface area contributed by atoms with Crippen molar-refractivity contribution < 1.29 is 18.1 Å². The van der Waals surface area contributed by atoms with Crippen molar-refractivity contribution in [2.75, 3.05) is 22.4 Å². The molecule has 1 aliphatic rings. The fourth-order valence-corrected chi connectivity index (χ4v) is 3.94. The number of rotatable bonds is 4. The maximum atomic E-state index is 12.3. The monoisotopic (exact) mass is 375 g/mol. The Bertz CT molecular complexity index is 988. The topological polar surface area (TPSA) is 110 Å². The van der Waals surface area contributed by atoms with E-state index >= 15 is 0 Å². The summed E-state index contributed by atoms with van der Waals surface area (Å²) in [5, 5.41) is 13.5. The molecule has 1 aliphatic heterocycles. The lowest BCUT2D eigenvalue weighted by atomic mass is 10.0. The van der Waals surface area contributed by atoms with Crippen LogP contribution in [0.3, 0.4) is 0 Å². The van der Waals surface area contributed by atoms with Crippen molar-refractivity contribution in [3.63, 3.8) is 0 Å². The third kappa shape index (κ3) is 3.67. The van der Waals surface area contributed by atoms with Crippen LogP contribution >= 0.6 is 0 Å².